The number of aliphatic hydroxyl groups is 1. The minimum Gasteiger partial charge on any atom is -0.497 e. The third-order valence-corrected chi connectivity index (χ3v) is 6.76. The van der Waals surface area contributed by atoms with Crippen LogP contribution in [0.3, 0.4) is 0 Å². The number of hydrogen-bond acceptors (Lipinski definition) is 5. The van der Waals surface area contributed by atoms with E-state index in [0.29, 0.717) is 28.3 Å². The Morgan fingerprint density at radius 1 is 1.21 bits per heavy atom. The average molecular weight is 452 g/mol. The number of methoxy groups -OCH3 is 2. The quantitative estimate of drug-likeness (QED) is 0.621. The third-order valence-electron chi connectivity index (χ3n) is 6.76. The minimum absolute atomic E-state index is 0.376. The second-order valence-electron chi connectivity index (χ2n) is 9.45. The molecule has 2 N–H and O–H groups in total. The summed E-state index contributed by atoms with van der Waals surface area (Å²) >= 11 is 0. The fourth-order valence-corrected chi connectivity index (χ4v) is 4.90. The number of nitrogens with one attached hydrogen (secondary N) is 1. The van der Waals surface area contributed by atoms with Crippen molar-refractivity contribution in [2.75, 3.05) is 19.5 Å². The van der Waals surface area contributed by atoms with Gasteiger partial charge < -0.3 is 24.6 Å². The number of amides is 1. The minimum atomic E-state index is -1.72. The first kappa shape index (κ1) is 23.3. The summed E-state index contributed by atoms with van der Waals surface area (Å²) in [5, 5.41) is 15.2. The molecule has 0 unspecified atom stereocenters. The van der Waals surface area contributed by atoms with Crippen LogP contribution in [0.4, 0.5) is 5.69 Å². The number of fused-ring (bicyclic) bond motifs is 3. The van der Waals surface area contributed by atoms with Gasteiger partial charge in [0.25, 0.3) is 5.91 Å². The molecule has 3 atom stereocenters. The van der Waals surface area contributed by atoms with E-state index in [-0.39, 0.29) is 5.60 Å². The van der Waals surface area contributed by atoms with Gasteiger partial charge >= 0.3 is 0 Å². The summed E-state index contributed by atoms with van der Waals surface area (Å²) in [6.45, 7) is 6.31. The van der Waals surface area contributed by atoms with Crippen molar-refractivity contribution in [3.63, 3.8) is 0 Å². The summed E-state index contributed by atoms with van der Waals surface area (Å²) in [5.74, 6) is 0.902. The van der Waals surface area contributed by atoms with Crippen molar-refractivity contribution >= 4 is 11.6 Å². The number of hydrogen-bond donors (Lipinski definition) is 2. The lowest BCUT2D eigenvalue weighted by molar-refractivity contribution is -0.142. The second kappa shape index (κ2) is 8.84. The molecular formula is C27H33NO5. The van der Waals surface area contributed by atoms with Gasteiger partial charge in [-0.1, -0.05) is 29.8 Å². The fourth-order valence-electron chi connectivity index (χ4n) is 4.90. The maximum Gasteiger partial charge on any atom is 0.257 e. The Morgan fingerprint density at radius 3 is 2.58 bits per heavy atom. The molecule has 0 saturated carbocycles. The summed E-state index contributed by atoms with van der Waals surface area (Å²) in [5.41, 5.74) is 1.84. The number of anilines is 1. The fraction of sp³-hybridized carbons (Fsp3) is 0.444. The van der Waals surface area contributed by atoms with Gasteiger partial charge in [-0.2, -0.15) is 0 Å². The lowest BCUT2D eigenvalue weighted by Gasteiger charge is -2.44. The number of rotatable bonds is 6. The number of aryl methyl sites for hydroxylation is 1. The Hall–Kier alpha value is -2.83. The lowest BCUT2D eigenvalue weighted by Crippen LogP contribution is -2.53. The average Bonchev–Trinajstić information content (AvgIpc) is 2.78. The molecule has 2 aliphatic rings. The summed E-state index contributed by atoms with van der Waals surface area (Å²) < 4.78 is 17.5. The monoisotopic (exact) mass is 451 g/mol. The van der Waals surface area contributed by atoms with Crippen LogP contribution in [-0.2, 0) is 21.6 Å². The number of carbonyl (C=O) groups excluding carboxylic acids is 1. The van der Waals surface area contributed by atoms with Crippen LogP contribution in [-0.4, -0.2) is 36.9 Å². The standard InChI is InChI=1S/C27H33NO5/c1-17(2)7-6-15-26(3)16-14-18-8-13-21-22(23(18)33-26)27(30,24(32-5)25(29)28-21)19-9-11-20(31-4)12-10-19/h7-13,24,30H,6,14-16H2,1-5H3,(H,28,29)/t24-,26-,27+/m0/s1. The molecule has 2 aromatic rings. The molecule has 0 spiro atoms. The van der Waals surface area contributed by atoms with Crippen LogP contribution in [0.1, 0.15) is 56.7 Å². The molecule has 2 aromatic carbocycles. The summed E-state index contributed by atoms with van der Waals surface area (Å²) in [6, 6.07) is 10.9. The van der Waals surface area contributed by atoms with Crippen LogP contribution in [0, 0.1) is 0 Å². The van der Waals surface area contributed by atoms with Gasteiger partial charge in [-0.25, -0.2) is 0 Å². The van der Waals surface area contributed by atoms with Gasteiger partial charge in [0.1, 0.15) is 17.1 Å². The highest BCUT2D eigenvalue weighted by atomic mass is 16.5. The van der Waals surface area contributed by atoms with E-state index in [1.165, 1.54) is 12.7 Å². The number of allylic oxidation sites excluding steroid dienone is 2. The topological polar surface area (TPSA) is 77.0 Å². The van der Waals surface area contributed by atoms with E-state index in [0.717, 1.165) is 31.2 Å². The van der Waals surface area contributed by atoms with Crippen LogP contribution >= 0.6 is 0 Å². The molecular weight excluding hydrogens is 418 g/mol. The van der Waals surface area contributed by atoms with Crippen molar-refractivity contribution in [2.24, 2.45) is 0 Å². The molecule has 0 saturated heterocycles. The van der Waals surface area contributed by atoms with Gasteiger partial charge in [0.15, 0.2) is 11.7 Å². The predicted octanol–water partition coefficient (Wildman–Crippen LogP) is 4.73. The summed E-state index contributed by atoms with van der Waals surface area (Å²) in [4.78, 5) is 12.9. The van der Waals surface area contributed by atoms with Gasteiger partial charge in [-0.05, 0) is 75.8 Å². The molecule has 2 aliphatic heterocycles. The van der Waals surface area contributed by atoms with Crippen LogP contribution in [0.25, 0.3) is 0 Å². The van der Waals surface area contributed by atoms with E-state index in [1.807, 2.05) is 12.1 Å². The van der Waals surface area contributed by atoms with E-state index in [4.69, 9.17) is 14.2 Å². The van der Waals surface area contributed by atoms with E-state index in [1.54, 1.807) is 31.4 Å². The van der Waals surface area contributed by atoms with E-state index < -0.39 is 17.6 Å². The second-order valence-corrected chi connectivity index (χ2v) is 9.45. The van der Waals surface area contributed by atoms with Gasteiger partial charge in [-0.3, -0.25) is 4.79 Å². The smallest absolute Gasteiger partial charge is 0.257 e. The molecule has 176 valence electrons. The maximum atomic E-state index is 12.9. The van der Waals surface area contributed by atoms with Crippen molar-refractivity contribution in [3.8, 4) is 11.5 Å². The first-order valence-corrected chi connectivity index (χ1v) is 11.4. The third kappa shape index (κ3) is 4.13. The molecule has 1 amide bonds. The molecule has 0 fully saturated rings. The normalized spacial score (nSPS) is 25.9. The highest BCUT2D eigenvalue weighted by molar-refractivity contribution is 6.00. The van der Waals surface area contributed by atoms with Crippen molar-refractivity contribution < 1.29 is 24.1 Å². The van der Waals surface area contributed by atoms with Gasteiger partial charge in [0, 0.05) is 7.11 Å². The molecule has 0 aromatic heterocycles. The van der Waals surface area contributed by atoms with Crippen LogP contribution in [0.5, 0.6) is 11.5 Å². The molecule has 4 rings (SSSR count). The summed E-state index contributed by atoms with van der Waals surface area (Å²) in [6.07, 6.45) is 4.59. The van der Waals surface area contributed by atoms with E-state index in [9.17, 15) is 9.90 Å². The Kier molecular flexibility index (Phi) is 6.25. The Labute approximate surface area is 195 Å². The maximum absolute atomic E-state index is 12.9. The van der Waals surface area contributed by atoms with E-state index in [2.05, 4.69) is 32.2 Å². The molecule has 0 radical (unpaired) electrons. The molecule has 6 heteroatoms. The molecule has 0 aliphatic carbocycles. The number of ether oxygens (including phenoxy) is 3. The predicted molar refractivity (Wildman–Crippen MR) is 128 cm³/mol. The summed E-state index contributed by atoms with van der Waals surface area (Å²) in [7, 11) is 3.02. The highest BCUT2D eigenvalue weighted by Crippen LogP contribution is 2.51. The zero-order chi connectivity index (χ0) is 23.8. The number of carbonyl (C=O) groups is 1. The number of benzene rings is 2. The van der Waals surface area contributed by atoms with Crippen LogP contribution in [0.15, 0.2) is 48.0 Å². The molecule has 6 nitrogen and oxygen atoms in total. The first-order chi connectivity index (χ1) is 15.7. The first-order valence-electron chi connectivity index (χ1n) is 11.4. The SMILES string of the molecule is COc1ccc([C@@]2(O)c3c(ccc4c3O[C@@](C)(CCC=C(C)C)CC4)NC(=O)[C@@H]2OC)cc1. The van der Waals surface area contributed by atoms with E-state index >= 15 is 0 Å². The van der Waals surface area contributed by atoms with Crippen molar-refractivity contribution in [2.45, 2.75) is 63.8 Å². The van der Waals surface area contributed by atoms with Crippen LogP contribution in [0.2, 0.25) is 0 Å². The van der Waals surface area contributed by atoms with Crippen molar-refractivity contribution in [1.29, 1.82) is 0 Å². The van der Waals surface area contributed by atoms with Gasteiger partial charge in [0.2, 0.25) is 0 Å². The lowest BCUT2D eigenvalue weighted by atomic mass is 9.75. The Balaban J connectivity index is 1.85. The zero-order valence-corrected chi connectivity index (χ0v) is 20.0. The van der Waals surface area contributed by atoms with Crippen molar-refractivity contribution in [1.82, 2.24) is 0 Å². The highest BCUT2D eigenvalue weighted by Gasteiger charge is 2.53. The zero-order valence-electron chi connectivity index (χ0n) is 20.0. The van der Waals surface area contributed by atoms with Gasteiger partial charge in [-0.15, -0.1) is 0 Å². The largest absolute Gasteiger partial charge is 0.497 e. The van der Waals surface area contributed by atoms with Crippen molar-refractivity contribution in [3.05, 3.63) is 64.7 Å². The molecule has 0 bridgehead atoms. The Bertz CT molecular complexity index is 1070. The molecule has 33 heavy (non-hydrogen) atoms. The van der Waals surface area contributed by atoms with Crippen LogP contribution < -0.4 is 14.8 Å². The Morgan fingerprint density at radius 2 is 1.94 bits per heavy atom. The molecule has 2 heterocycles. The van der Waals surface area contributed by atoms with Gasteiger partial charge in [0.05, 0.1) is 18.4 Å².